The van der Waals surface area contributed by atoms with Crippen LogP contribution in [-0.2, 0) is 13.6 Å². The highest BCUT2D eigenvalue weighted by molar-refractivity contribution is 14.0. The second-order valence-corrected chi connectivity index (χ2v) is 7.39. The maximum atomic E-state index is 12.2. The first-order valence-electron chi connectivity index (χ1n) is 9.05. The monoisotopic (exact) mass is 561 g/mol. The largest absolute Gasteiger partial charge is 0.357 e. The summed E-state index contributed by atoms with van der Waals surface area (Å²) < 4.78 is 3.15. The van der Waals surface area contributed by atoms with Crippen molar-refractivity contribution in [2.24, 2.45) is 12.0 Å². The molecule has 0 radical (unpaired) electrons. The van der Waals surface area contributed by atoms with Crippen LogP contribution >= 0.6 is 39.9 Å². The molecule has 0 aliphatic rings. The number of aryl methyl sites for hydroxylation is 2. The molecule has 1 aromatic heterocycles. The molecule has 2 N–H and O–H groups in total. The Bertz CT molecular complexity index is 806. The molecular weight excluding hydrogens is 533 g/mol. The molecule has 28 heavy (non-hydrogen) atoms. The number of hydrogen-bond donors (Lipinski definition) is 2. The van der Waals surface area contributed by atoms with E-state index < -0.39 is 0 Å². The maximum Gasteiger partial charge on any atom is 0.251 e. The zero-order valence-electron chi connectivity index (χ0n) is 16.8. The number of hydrogen-bond acceptors (Lipinski definition) is 2. The molecule has 6 nitrogen and oxygen atoms in total. The zero-order valence-corrected chi connectivity index (χ0v) is 20.7. The van der Waals surface area contributed by atoms with Crippen molar-refractivity contribution in [3.05, 3.63) is 57.8 Å². The molecule has 8 heteroatoms. The lowest BCUT2D eigenvalue weighted by Crippen LogP contribution is -2.39. The fourth-order valence-electron chi connectivity index (χ4n) is 2.73. The molecule has 1 heterocycles. The standard InChI is InChI=1S/C20H28BrN5O.HI/c1-5-22-20(26(4)14-18-12-17(21)13-25(18)3)24-10-9-23-19(27)16-8-6-7-15(2)11-16;/h6-8,11-13H,5,9-10,14H2,1-4H3,(H,22,24)(H,23,27);1H. The lowest BCUT2D eigenvalue weighted by Gasteiger charge is -2.22. The first kappa shape index (κ1) is 24.5. The highest BCUT2D eigenvalue weighted by Crippen LogP contribution is 2.15. The summed E-state index contributed by atoms with van der Waals surface area (Å²) in [7, 11) is 4.03. The minimum Gasteiger partial charge on any atom is -0.357 e. The van der Waals surface area contributed by atoms with Gasteiger partial charge in [0.05, 0.1) is 13.1 Å². The predicted molar refractivity (Wildman–Crippen MR) is 129 cm³/mol. The fraction of sp³-hybridized carbons (Fsp3) is 0.400. The van der Waals surface area contributed by atoms with Crippen molar-refractivity contribution >= 4 is 51.8 Å². The van der Waals surface area contributed by atoms with Crippen LogP contribution in [0.4, 0.5) is 0 Å². The highest BCUT2D eigenvalue weighted by atomic mass is 127. The van der Waals surface area contributed by atoms with E-state index in [1.54, 1.807) is 0 Å². The average molecular weight is 562 g/mol. The number of aromatic nitrogens is 1. The van der Waals surface area contributed by atoms with Gasteiger partial charge in [-0.15, -0.1) is 24.0 Å². The molecule has 0 spiro atoms. The third-order valence-electron chi connectivity index (χ3n) is 4.11. The smallest absolute Gasteiger partial charge is 0.251 e. The van der Waals surface area contributed by atoms with Gasteiger partial charge < -0.3 is 20.1 Å². The summed E-state index contributed by atoms with van der Waals surface area (Å²) in [5.74, 6) is 0.751. The molecule has 0 aliphatic heterocycles. The van der Waals surface area contributed by atoms with Crippen molar-refractivity contribution in [2.75, 3.05) is 26.7 Å². The Morgan fingerprint density at radius 3 is 2.64 bits per heavy atom. The number of rotatable bonds is 7. The summed E-state index contributed by atoms with van der Waals surface area (Å²) in [6.07, 6.45) is 2.04. The number of nitrogens with one attached hydrogen (secondary N) is 2. The Morgan fingerprint density at radius 2 is 2.04 bits per heavy atom. The Kier molecular flexibility index (Phi) is 10.6. The van der Waals surface area contributed by atoms with E-state index in [4.69, 9.17) is 0 Å². The van der Waals surface area contributed by atoms with Crippen molar-refractivity contribution in [2.45, 2.75) is 20.4 Å². The van der Waals surface area contributed by atoms with Gasteiger partial charge in [0.15, 0.2) is 5.96 Å². The molecule has 154 valence electrons. The van der Waals surface area contributed by atoms with E-state index in [9.17, 15) is 4.79 Å². The Labute approximate surface area is 192 Å². The number of guanidine groups is 1. The number of amides is 1. The van der Waals surface area contributed by atoms with Crippen LogP contribution < -0.4 is 10.6 Å². The number of carbonyl (C=O) groups excluding carboxylic acids is 1. The molecule has 1 amide bonds. The molecule has 0 saturated carbocycles. The highest BCUT2D eigenvalue weighted by Gasteiger charge is 2.10. The first-order chi connectivity index (χ1) is 12.9. The second-order valence-electron chi connectivity index (χ2n) is 6.48. The van der Waals surface area contributed by atoms with E-state index in [-0.39, 0.29) is 29.9 Å². The van der Waals surface area contributed by atoms with Gasteiger partial charge in [0.1, 0.15) is 0 Å². The maximum absolute atomic E-state index is 12.2. The number of carbonyl (C=O) groups is 1. The number of nitrogens with zero attached hydrogens (tertiary/aromatic N) is 3. The fourth-order valence-corrected chi connectivity index (χ4v) is 3.30. The van der Waals surface area contributed by atoms with Crippen molar-refractivity contribution < 1.29 is 4.79 Å². The minimum atomic E-state index is -0.0686. The molecule has 0 unspecified atom stereocenters. The summed E-state index contributed by atoms with van der Waals surface area (Å²) in [5, 5.41) is 6.22. The molecule has 0 fully saturated rings. The molecule has 0 bridgehead atoms. The van der Waals surface area contributed by atoms with Crippen LogP contribution in [0.2, 0.25) is 0 Å². The van der Waals surface area contributed by atoms with E-state index in [0.717, 1.165) is 29.1 Å². The summed E-state index contributed by atoms with van der Waals surface area (Å²) in [4.78, 5) is 18.9. The molecule has 1 aromatic carbocycles. The van der Waals surface area contributed by atoms with E-state index in [1.165, 1.54) is 5.69 Å². The summed E-state index contributed by atoms with van der Waals surface area (Å²) in [6, 6.07) is 9.67. The van der Waals surface area contributed by atoms with E-state index in [2.05, 4.69) is 47.1 Å². The van der Waals surface area contributed by atoms with Crippen LogP contribution in [0.15, 0.2) is 46.0 Å². The topological polar surface area (TPSA) is 61.7 Å². The summed E-state index contributed by atoms with van der Waals surface area (Å²) >= 11 is 3.50. The van der Waals surface area contributed by atoms with Crippen LogP contribution in [0.1, 0.15) is 28.5 Å². The van der Waals surface area contributed by atoms with E-state index >= 15 is 0 Å². The summed E-state index contributed by atoms with van der Waals surface area (Å²) in [5.41, 5.74) is 2.93. The molecule has 0 aliphatic carbocycles. The van der Waals surface area contributed by atoms with Crippen molar-refractivity contribution in [3.8, 4) is 0 Å². The van der Waals surface area contributed by atoms with Gasteiger partial charge in [-0.3, -0.25) is 9.79 Å². The third kappa shape index (κ3) is 7.46. The van der Waals surface area contributed by atoms with Gasteiger partial charge in [0.2, 0.25) is 0 Å². The van der Waals surface area contributed by atoms with Crippen molar-refractivity contribution in [1.29, 1.82) is 0 Å². The van der Waals surface area contributed by atoms with Gasteiger partial charge in [-0.1, -0.05) is 17.7 Å². The number of benzene rings is 1. The van der Waals surface area contributed by atoms with Gasteiger partial charge in [0, 0.05) is 49.1 Å². The average Bonchev–Trinajstić information content (AvgIpc) is 2.94. The van der Waals surface area contributed by atoms with Gasteiger partial charge in [0.25, 0.3) is 5.91 Å². The van der Waals surface area contributed by atoms with Crippen LogP contribution in [0.25, 0.3) is 0 Å². The Hall–Kier alpha value is -1.55. The third-order valence-corrected chi connectivity index (χ3v) is 4.54. The predicted octanol–water partition coefficient (Wildman–Crippen LogP) is 3.54. The molecule has 2 aromatic rings. The minimum absolute atomic E-state index is 0. The quantitative estimate of drug-likeness (QED) is 0.235. The van der Waals surface area contributed by atoms with Gasteiger partial charge in [-0.2, -0.15) is 0 Å². The Morgan fingerprint density at radius 1 is 1.29 bits per heavy atom. The first-order valence-corrected chi connectivity index (χ1v) is 9.85. The molecule has 0 saturated heterocycles. The van der Waals surface area contributed by atoms with Gasteiger partial charge in [-0.05, 0) is 48.0 Å². The SMILES string of the molecule is CCNC(=NCCNC(=O)c1cccc(C)c1)N(C)Cc1cc(Br)cn1C.I. The van der Waals surface area contributed by atoms with Crippen LogP contribution in [-0.4, -0.2) is 48.0 Å². The van der Waals surface area contributed by atoms with E-state index in [0.29, 0.717) is 18.7 Å². The van der Waals surface area contributed by atoms with Crippen molar-refractivity contribution in [3.63, 3.8) is 0 Å². The van der Waals surface area contributed by atoms with Crippen LogP contribution in [0, 0.1) is 6.92 Å². The Balaban J connectivity index is 0.00000392. The number of aliphatic imine (C=N–C) groups is 1. The second kappa shape index (κ2) is 12.1. The van der Waals surface area contributed by atoms with Gasteiger partial charge in [-0.25, -0.2) is 0 Å². The lowest BCUT2D eigenvalue weighted by atomic mass is 10.1. The summed E-state index contributed by atoms with van der Waals surface area (Å²) in [6.45, 7) is 6.55. The van der Waals surface area contributed by atoms with Crippen molar-refractivity contribution in [1.82, 2.24) is 20.1 Å². The normalized spacial score (nSPS) is 11.0. The molecular formula is C20H29BrIN5O. The van der Waals surface area contributed by atoms with Gasteiger partial charge >= 0.3 is 0 Å². The van der Waals surface area contributed by atoms with E-state index in [1.807, 2.05) is 58.4 Å². The van der Waals surface area contributed by atoms with Crippen LogP contribution in [0.3, 0.4) is 0 Å². The van der Waals surface area contributed by atoms with Crippen LogP contribution in [0.5, 0.6) is 0 Å². The molecule has 2 rings (SSSR count). The lowest BCUT2D eigenvalue weighted by molar-refractivity contribution is 0.0954. The zero-order chi connectivity index (χ0) is 19.8. The number of halogens is 2. The molecule has 0 atom stereocenters.